The van der Waals surface area contributed by atoms with Gasteiger partial charge < -0.3 is 15.6 Å². The molecule has 3 rings (SSSR count). The molecule has 0 aliphatic heterocycles. The van der Waals surface area contributed by atoms with Crippen LogP contribution in [0.3, 0.4) is 0 Å². The van der Waals surface area contributed by atoms with Crippen molar-refractivity contribution in [2.75, 3.05) is 11.1 Å². The number of rotatable bonds is 4. The summed E-state index contributed by atoms with van der Waals surface area (Å²) in [7, 11) is 0. The summed E-state index contributed by atoms with van der Waals surface area (Å²) in [6, 6.07) is 0. The Labute approximate surface area is 110 Å². The van der Waals surface area contributed by atoms with Gasteiger partial charge in [0.1, 0.15) is 5.82 Å². The molecule has 7 nitrogen and oxygen atoms in total. The lowest BCUT2D eigenvalue weighted by atomic mass is 10.2. The first-order valence-electron chi connectivity index (χ1n) is 6.30. The Kier molecular flexibility index (Phi) is 2.81. The van der Waals surface area contributed by atoms with E-state index in [9.17, 15) is 0 Å². The highest BCUT2D eigenvalue weighted by Crippen LogP contribution is 2.38. The first-order valence-corrected chi connectivity index (χ1v) is 6.30. The minimum Gasteiger partial charge on any atom is -0.368 e. The lowest BCUT2D eigenvalue weighted by molar-refractivity contribution is 0.378. The van der Waals surface area contributed by atoms with Gasteiger partial charge in [-0.25, -0.2) is 4.98 Å². The Balaban J connectivity index is 1.71. The first kappa shape index (κ1) is 11.9. The second kappa shape index (κ2) is 4.49. The Morgan fingerprint density at radius 2 is 2.05 bits per heavy atom. The Morgan fingerprint density at radius 3 is 2.79 bits per heavy atom. The van der Waals surface area contributed by atoms with E-state index in [0.717, 1.165) is 29.9 Å². The number of aryl methyl sites for hydroxylation is 1. The van der Waals surface area contributed by atoms with Gasteiger partial charge >= 0.3 is 0 Å². The minimum absolute atomic E-state index is 0.259. The number of hydrogen-bond donors (Lipinski definition) is 2. The molecule has 0 radical (unpaired) electrons. The second-order valence-corrected chi connectivity index (χ2v) is 4.81. The number of hydrogen-bond acceptors (Lipinski definition) is 7. The van der Waals surface area contributed by atoms with Crippen LogP contribution in [0.5, 0.6) is 0 Å². The van der Waals surface area contributed by atoms with Gasteiger partial charge in [-0.15, -0.1) is 0 Å². The molecule has 1 fully saturated rings. The Morgan fingerprint density at radius 1 is 1.26 bits per heavy atom. The standard InChI is InChI=1S/C12H16N6O/c1-6-7(2)15-12(13)17-10(6)14-5-9-16-11(18-19-9)8-3-4-8/h8H,3-5H2,1-2H3,(H3,13,14,15,17). The van der Waals surface area contributed by atoms with Crippen LogP contribution < -0.4 is 11.1 Å². The molecular formula is C12H16N6O. The summed E-state index contributed by atoms with van der Waals surface area (Å²) in [6.45, 7) is 4.29. The van der Waals surface area contributed by atoms with Crippen molar-refractivity contribution in [1.29, 1.82) is 0 Å². The zero-order chi connectivity index (χ0) is 13.4. The fourth-order valence-corrected chi connectivity index (χ4v) is 1.83. The lowest BCUT2D eigenvalue weighted by Crippen LogP contribution is -2.08. The van der Waals surface area contributed by atoms with Crippen LogP contribution in [0.2, 0.25) is 0 Å². The molecule has 0 spiro atoms. The number of nitrogen functional groups attached to an aromatic ring is 1. The zero-order valence-corrected chi connectivity index (χ0v) is 11.0. The predicted octanol–water partition coefficient (Wildman–Crippen LogP) is 1.55. The summed E-state index contributed by atoms with van der Waals surface area (Å²) in [6.07, 6.45) is 2.32. The van der Waals surface area contributed by atoms with Gasteiger partial charge in [0.2, 0.25) is 11.8 Å². The van der Waals surface area contributed by atoms with Crippen molar-refractivity contribution in [3.63, 3.8) is 0 Å². The maximum absolute atomic E-state index is 5.64. The molecule has 3 N–H and O–H groups in total. The molecule has 0 saturated heterocycles. The van der Waals surface area contributed by atoms with E-state index in [1.807, 2.05) is 13.8 Å². The normalized spacial score (nSPS) is 14.6. The molecule has 0 unspecified atom stereocenters. The number of anilines is 2. The van der Waals surface area contributed by atoms with Crippen molar-refractivity contribution in [1.82, 2.24) is 20.1 Å². The fourth-order valence-electron chi connectivity index (χ4n) is 1.83. The van der Waals surface area contributed by atoms with Crippen LogP contribution in [-0.4, -0.2) is 20.1 Å². The SMILES string of the molecule is Cc1nc(N)nc(NCc2nc(C3CC3)no2)c1C. The van der Waals surface area contributed by atoms with Crippen molar-refractivity contribution in [2.24, 2.45) is 0 Å². The van der Waals surface area contributed by atoms with Gasteiger partial charge in [-0.1, -0.05) is 5.16 Å². The molecular weight excluding hydrogens is 244 g/mol. The van der Waals surface area contributed by atoms with Gasteiger partial charge in [-0.2, -0.15) is 9.97 Å². The topological polar surface area (TPSA) is 103 Å². The molecule has 1 aliphatic carbocycles. The average molecular weight is 260 g/mol. The fraction of sp³-hybridized carbons (Fsp3) is 0.500. The van der Waals surface area contributed by atoms with Gasteiger partial charge in [0.25, 0.3) is 0 Å². The van der Waals surface area contributed by atoms with E-state index in [4.69, 9.17) is 10.3 Å². The summed E-state index contributed by atoms with van der Waals surface area (Å²) >= 11 is 0. The summed E-state index contributed by atoms with van der Waals surface area (Å²) in [5.74, 6) is 2.84. The van der Waals surface area contributed by atoms with Gasteiger partial charge in [-0.05, 0) is 26.7 Å². The third kappa shape index (κ3) is 2.49. The van der Waals surface area contributed by atoms with Crippen molar-refractivity contribution in [3.8, 4) is 0 Å². The molecule has 100 valence electrons. The summed E-state index contributed by atoms with van der Waals surface area (Å²) < 4.78 is 5.19. The maximum atomic E-state index is 5.64. The van der Waals surface area contributed by atoms with Crippen molar-refractivity contribution in [3.05, 3.63) is 23.0 Å². The molecule has 1 saturated carbocycles. The van der Waals surface area contributed by atoms with E-state index in [2.05, 4.69) is 25.4 Å². The van der Waals surface area contributed by atoms with Crippen LogP contribution in [0.1, 0.15) is 41.7 Å². The Bertz CT molecular complexity index is 604. The molecule has 0 bridgehead atoms. The number of nitrogens with one attached hydrogen (secondary N) is 1. The molecule has 2 aromatic heterocycles. The van der Waals surface area contributed by atoms with Gasteiger partial charge in [0.05, 0.1) is 6.54 Å². The summed E-state index contributed by atoms with van der Waals surface area (Å²) in [4.78, 5) is 12.6. The van der Waals surface area contributed by atoms with Crippen LogP contribution in [0.25, 0.3) is 0 Å². The zero-order valence-electron chi connectivity index (χ0n) is 11.0. The average Bonchev–Trinajstić information content (AvgIpc) is 3.12. The minimum atomic E-state index is 0.259. The maximum Gasteiger partial charge on any atom is 0.245 e. The summed E-state index contributed by atoms with van der Waals surface area (Å²) in [5.41, 5.74) is 7.46. The monoisotopic (exact) mass is 260 g/mol. The second-order valence-electron chi connectivity index (χ2n) is 4.81. The molecule has 0 atom stereocenters. The van der Waals surface area contributed by atoms with Crippen LogP contribution in [0, 0.1) is 13.8 Å². The third-order valence-electron chi connectivity index (χ3n) is 3.24. The molecule has 19 heavy (non-hydrogen) atoms. The predicted molar refractivity (Wildman–Crippen MR) is 69.5 cm³/mol. The van der Waals surface area contributed by atoms with Gasteiger partial charge in [0, 0.05) is 17.2 Å². The van der Waals surface area contributed by atoms with E-state index in [0.29, 0.717) is 24.2 Å². The quantitative estimate of drug-likeness (QED) is 0.859. The highest BCUT2D eigenvalue weighted by Gasteiger charge is 2.28. The van der Waals surface area contributed by atoms with E-state index in [-0.39, 0.29) is 5.95 Å². The lowest BCUT2D eigenvalue weighted by Gasteiger charge is -2.08. The van der Waals surface area contributed by atoms with E-state index in [1.54, 1.807) is 0 Å². The largest absolute Gasteiger partial charge is 0.368 e. The van der Waals surface area contributed by atoms with Gasteiger partial charge in [-0.3, -0.25) is 0 Å². The van der Waals surface area contributed by atoms with Gasteiger partial charge in [0.15, 0.2) is 5.82 Å². The first-order chi connectivity index (χ1) is 9.13. The molecule has 2 heterocycles. The molecule has 2 aromatic rings. The molecule has 0 aromatic carbocycles. The van der Waals surface area contributed by atoms with Crippen LogP contribution in [0.15, 0.2) is 4.52 Å². The van der Waals surface area contributed by atoms with E-state index in [1.165, 1.54) is 0 Å². The van der Waals surface area contributed by atoms with Crippen molar-refractivity contribution in [2.45, 2.75) is 39.2 Å². The Hall–Kier alpha value is -2.18. The van der Waals surface area contributed by atoms with E-state index >= 15 is 0 Å². The number of nitrogens with zero attached hydrogens (tertiary/aromatic N) is 4. The number of nitrogens with two attached hydrogens (primary N) is 1. The highest BCUT2D eigenvalue weighted by molar-refractivity contribution is 5.48. The third-order valence-corrected chi connectivity index (χ3v) is 3.24. The molecule has 0 amide bonds. The molecule has 7 heteroatoms. The number of aromatic nitrogens is 4. The summed E-state index contributed by atoms with van der Waals surface area (Å²) in [5, 5.41) is 7.12. The van der Waals surface area contributed by atoms with Crippen molar-refractivity contribution < 1.29 is 4.52 Å². The van der Waals surface area contributed by atoms with Crippen LogP contribution >= 0.6 is 0 Å². The van der Waals surface area contributed by atoms with E-state index < -0.39 is 0 Å². The van der Waals surface area contributed by atoms with Crippen LogP contribution in [-0.2, 0) is 6.54 Å². The smallest absolute Gasteiger partial charge is 0.245 e. The van der Waals surface area contributed by atoms with Crippen molar-refractivity contribution >= 4 is 11.8 Å². The van der Waals surface area contributed by atoms with Crippen LogP contribution in [0.4, 0.5) is 11.8 Å². The highest BCUT2D eigenvalue weighted by atomic mass is 16.5. The molecule has 1 aliphatic rings.